The minimum Gasteiger partial charge on any atom is -0.508 e. The number of nitrogens with two attached hydrogens (primary N) is 1. The summed E-state index contributed by atoms with van der Waals surface area (Å²) in [6, 6.07) is 3.87. The van der Waals surface area contributed by atoms with Crippen LogP contribution in [0, 0.1) is 25.7 Å². The number of carbonyl (C=O) groups is 3. The third-order valence-corrected chi connectivity index (χ3v) is 8.69. The van der Waals surface area contributed by atoms with Gasteiger partial charge in [-0.15, -0.1) is 0 Å². The van der Waals surface area contributed by atoms with E-state index in [4.69, 9.17) is 10.2 Å². The van der Waals surface area contributed by atoms with E-state index in [1.165, 1.54) is 0 Å². The molecule has 212 valence electrons. The molecule has 5 rings (SSSR count). The van der Waals surface area contributed by atoms with Gasteiger partial charge in [-0.25, -0.2) is 0 Å². The molecule has 0 aliphatic heterocycles. The molecular weight excluding hydrogens is 516 g/mol. The van der Waals surface area contributed by atoms with Gasteiger partial charge < -0.3 is 35.5 Å². The average molecular weight is 551 g/mol. The quantitative estimate of drug-likeness (QED) is 0.339. The number of nitrogens with zero attached hydrogens (tertiary/aromatic N) is 1. The average Bonchev–Trinajstić information content (AvgIpc) is 3.18. The van der Waals surface area contributed by atoms with E-state index in [0.29, 0.717) is 30.4 Å². The van der Waals surface area contributed by atoms with Crippen molar-refractivity contribution in [3.8, 4) is 5.75 Å². The zero-order valence-electron chi connectivity index (χ0n) is 23.0. The summed E-state index contributed by atoms with van der Waals surface area (Å²) in [5.74, 6) is -4.56. The number of hydrogen-bond donors (Lipinski definition) is 5. The van der Waals surface area contributed by atoms with E-state index in [-0.39, 0.29) is 36.1 Å². The van der Waals surface area contributed by atoms with E-state index >= 15 is 0 Å². The Bertz CT molecular complexity index is 1510. The third kappa shape index (κ3) is 4.00. The number of amides is 1. The largest absolute Gasteiger partial charge is 0.508 e. The fourth-order valence-electron chi connectivity index (χ4n) is 6.54. The first-order valence-electron chi connectivity index (χ1n) is 13.4. The maximum Gasteiger partial charge on any atom is 0.255 e. The number of phenols is 1. The Morgan fingerprint density at radius 1 is 1.12 bits per heavy atom. The lowest BCUT2D eigenvalue weighted by Crippen LogP contribution is -2.58. The first kappa shape index (κ1) is 27.5. The first-order chi connectivity index (χ1) is 18.8. The number of aryl methyl sites for hydroxylation is 4. The fourth-order valence-corrected chi connectivity index (χ4v) is 6.54. The van der Waals surface area contributed by atoms with Crippen molar-refractivity contribution in [1.82, 2.24) is 0 Å². The number of anilines is 1. The van der Waals surface area contributed by atoms with Crippen molar-refractivity contribution in [3.05, 3.63) is 62.8 Å². The number of aliphatic hydroxyl groups excluding tert-OH is 2. The summed E-state index contributed by atoms with van der Waals surface area (Å²) < 4.78 is 5.76. The molecular formula is C30H34N2O8. The number of fused-ring (bicyclic) bond motifs is 3. The smallest absolute Gasteiger partial charge is 0.255 e. The van der Waals surface area contributed by atoms with Crippen LogP contribution in [0.15, 0.2) is 33.5 Å². The Morgan fingerprint density at radius 2 is 1.82 bits per heavy atom. The number of aromatic hydroxyl groups is 1. The number of hydrogen-bond acceptors (Lipinski definition) is 9. The number of Topliss-reactive ketones (excluding diaryl/α,β-unsaturated/α-hetero) is 2. The van der Waals surface area contributed by atoms with Crippen LogP contribution in [0.5, 0.6) is 5.75 Å². The summed E-state index contributed by atoms with van der Waals surface area (Å²) in [7, 11) is 3.69. The number of aliphatic hydroxyl groups is 3. The molecule has 1 fully saturated rings. The highest BCUT2D eigenvalue weighted by Gasteiger charge is 2.60. The second kappa shape index (κ2) is 9.55. The van der Waals surface area contributed by atoms with Crippen LogP contribution in [0.3, 0.4) is 0 Å². The highest BCUT2D eigenvalue weighted by molar-refractivity contribution is 6.22. The van der Waals surface area contributed by atoms with Gasteiger partial charge in [0, 0.05) is 44.1 Å². The van der Waals surface area contributed by atoms with Gasteiger partial charge in [-0.1, -0.05) is 0 Å². The molecule has 2 aromatic rings. The Hall–Kier alpha value is -4.05. The summed E-state index contributed by atoms with van der Waals surface area (Å²) in [4.78, 5) is 40.0. The van der Waals surface area contributed by atoms with Gasteiger partial charge in [0.25, 0.3) is 5.91 Å². The predicted octanol–water partition coefficient (Wildman–Crippen LogP) is 2.88. The van der Waals surface area contributed by atoms with Gasteiger partial charge in [0.05, 0.1) is 5.56 Å². The molecule has 0 unspecified atom stereocenters. The normalized spacial score (nSPS) is 24.1. The lowest BCUT2D eigenvalue weighted by atomic mass is 9.59. The van der Waals surface area contributed by atoms with Crippen LogP contribution in [0.1, 0.15) is 53.0 Å². The predicted molar refractivity (Wildman–Crippen MR) is 146 cm³/mol. The standard InChI is InChI=1S/C30H34N2O8/c1-13-8-18(40-14(13)2)7-5-6-15-11-20(32(3)4)19-10-16-9-17-12-21(33)24(29(31)38)28(37)30(17,39)27(36)22(16)26(35)23(19)25(15)34/h8,11,16-17,34-35,37,39H,5-7,9-10,12H2,1-4H3,(H2,31,38)/t16-,17+,30+/m1/s1. The van der Waals surface area contributed by atoms with Gasteiger partial charge in [-0.05, 0) is 74.3 Å². The van der Waals surface area contributed by atoms with Gasteiger partial charge >= 0.3 is 0 Å². The minimum absolute atomic E-state index is 0.0975. The van der Waals surface area contributed by atoms with Crippen molar-refractivity contribution < 1.29 is 39.2 Å². The van der Waals surface area contributed by atoms with Crippen molar-refractivity contribution in [2.45, 2.75) is 58.0 Å². The van der Waals surface area contributed by atoms with Crippen molar-refractivity contribution in [1.29, 1.82) is 0 Å². The number of phenolic OH excluding ortho intramolecular Hbond substituents is 1. The minimum atomic E-state index is -2.58. The molecule has 3 aliphatic carbocycles. The zero-order valence-corrected chi connectivity index (χ0v) is 23.0. The SMILES string of the molecule is Cc1cc(CCCc2cc(N(C)C)c3c(c2O)C(O)=C2C(=O)[C@]4(O)C(O)=C(C(N)=O)C(=O)C[C@@H]4C[C@@H]2C3)oc1C. The Morgan fingerprint density at radius 3 is 2.42 bits per heavy atom. The number of primary amides is 1. The zero-order chi connectivity index (χ0) is 29.3. The lowest BCUT2D eigenvalue weighted by Gasteiger charge is -2.46. The molecule has 0 radical (unpaired) electrons. The fraction of sp³-hybridized carbons (Fsp3) is 0.433. The molecule has 3 aliphatic rings. The summed E-state index contributed by atoms with van der Waals surface area (Å²) >= 11 is 0. The number of furan rings is 1. The number of rotatable bonds is 6. The van der Waals surface area contributed by atoms with Gasteiger partial charge in [-0.2, -0.15) is 0 Å². The molecule has 10 nitrogen and oxygen atoms in total. The molecule has 1 aromatic carbocycles. The Labute approximate surface area is 231 Å². The molecule has 6 N–H and O–H groups in total. The van der Waals surface area contributed by atoms with E-state index in [1.54, 1.807) is 0 Å². The number of ketones is 2. The number of carbonyl (C=O) groups excluding carboxylic acids is 3. The van der Waals surface area contributed by atoms with Gasteiger partial charge in [0.1, 0.15) is 34.4 Å². The highest BCUT2D eigenvalue weighted by atomic mass is 16.4. The molecule has 10 heteroatoms. The lowest BCUT2D eigenvalue weighted by molar-refractivity contribution is -0.147. The van der Waals surface area contributed by atoms with E-state index in [0.717, 1.165) is 22.8 Å². The molecule has 0 spiro atoms. The topological polar surface area (TPSA) is 175 Å². The Kier molecular flexibility index (Phi) is 6.57. The summed E-state index contributed by atoms with van der Waals surface area (Å²) in [6.45, 7) is 3.88. The van der Waals surface area contributed by atoms with E-state index < -0.39 is 52.0 Å². The molecule has 1 saturated carbocycles. The van der Waals surface area contributed by atoms with Gasteiger partial charge in [0.2, 0.25) is 5.78 Å². The van der Waals surface area contributed by atoms with Gasteiger partial charge in [-0.3, -0.25) is 14.4 Å². The third-order valence-electron chi connectivity index (χ3n) is 8.69. The summed E-state index contributed by atoms with van der Waals surface area (Å²) in [5.41, 5.74) is 4.91. The van der Waals surface area contributed by atoms with Crippen molar-refractivity contribution >= 4 is 28.9 Å². The second-order valence-electron chi connectivity index (χ2n) is 11.4. The van der Waals surface area contributed by atoms with Crippen LogP contribution in [-0.4, -0.2) is 57.6 Å². The highest BCUT2D eigenvalue weighted by Crippen LogP contribution is 2.53. The van der Waals surface area contributed by atoms with Crippen LogP contribution in [0.2, 0.25) is 0 Å². The number of benzene rings is 1. The molecule has 3 atom stereocenters. The maximum atomic E-state index is 13.8. The van der Waals surface area contributed by atoms with E-state index in [9.17, 15) is 34.8 Å². The first-order valence-corrected chi connectivity index (χ1v) is 13.4. The maximum absolute atomic E-state index is 13.8. The van der Waals surface area contributed by atoms with Crippen LogP contribution >= 0.6 is 0 Å². The van der Waals surface area contributed by atoms with Crippen LogP contribution in [-0.2, 0) is 33.6 Å². The van der Waals surface area contributed by atoms with Crippen LogP contribution in [0.4, 0.5) is 5.69 Å². The van der Waals surface area contributed by atoms with E-state index in [2.05, 4.69) is 0 Å². The van der Waals surface area contributed by atoms with Crippen molar-refractivity contribution in [2.75, 3.05) is 19.0 Å². The molecule has 1 amide bonds. The molecule has 1 aromatic heterocycles. The summed E-state index contributed by atoms with van der Waals surface area (Å²) in [6.07, 6.45) is 1.80. The monoisotopic (exact) mass is 550 g/mol. The van der Waals surface area contributed by atoms with Gasteiger partial charge in [0.15, 0.2) is 11.4 Å². The molecule has 0 saturated heterocycles. The van der Waals surface area contributed by atoms with Crippen molar-refractivity contribution in [2.24, 2.45) is 17.6 Å². The summed E-state index contributed by atoms with van der Waals surface area (Å²) in [5, 5.41) is 45.0. The van der Waals surface area contributed by atoms with Crippen molar-refractivity contribution in [3.63, 3.8) is 0 Å². The molecule has 0 bridgehead atoms. The van der Waals surface area contributed by atoms with Crippen LogP contribution in [0.25, 0.3) is 5.76 Å². The molecule has 1 heterocycles. The second-order valence-corrected chi connectivity index (χ2v) is 11.4. The molecule has 40 heavy (non-hydrogen) atoms. The van der Waals surface area contributed by atoms with Crippen LogP contribution < -0.4 is 10.6 Å². The Balaban J connectivity index is 1.57. The van der Waals surface area contributed by atoms with E-state index in [1.807, 2.05) is 45.0 Å².